The third-order valence-electron chi connectivity index (χ3n) is 5.73. The van der Waals surface area contributed by atoms with E-state index in [4.69, 9.17) is 0 Å². The number of benzene rings is 2. The summed E-state index contributed by atoms with van der Waals surface area (Å²) in [5, 5.41) is 9.30. The van der Waals surface area contributed by atoms with Gasteiger partial charge in [0.25, 0.3) is 0 Å². The number of amides is 1. The molecule has 4 heterocycles. The van der Waals surface area contributed by atoms with Crippen LogP contribution in [0.1, 0.15) is 11.3 Å². The number of thiazole rings is 1. The lowest BCUT2D eigenvalue weighted by atomic mass is 10.2. The van der Waals surface area contributed by atoms with Crippen molar-refractivity contribution in [1.82, 2.24) is 23.6 Å². The van der Waals surface area contributed by atoms with Gasteiger partial charge in [0.15, 0.2) is 10.6 Å². The van der Waals surface area contributed by atoms with Crippen molar-refractivity contribution in [3.05, 3.63) is 112 Å². The van der Waals surface area contributed by atoms with E-state index in [9.17, 15) is 9.59 Å². The van der Waals surface area contributed by atoms with Crippen molar-refractivity contribution in [3.63, 3.8) is 0 Å². The average Bonchev–Trinajstić information content (AvgIpc) is 3.55. The number of carbonyl (C=O) groups excluding carboxylic acids is 1. The molecule has 0 spiro atoms. The number of nitrogens with zero attached hydrogens (tertiary/aromatic N) is 5. The zero-order valence-electron chi connectivity index (χ0n) is 18.5. The quantitative estimate of drug-likeness (QED) is 0.389. The Labute approximate surface area is 203 Å². The maximum atomic E-state index is 12.8. The molecule has 1 amide bonds. The second-order valence-corrected chi connectivity index (χ2v) is 9.00. The standard InChI is InChI=1S/C26H20N6O2S/c33-24(14-21-17-35-25-28-22(16-31(21)25)19-8-2-1-3-9-19)27-20-10-6-7-18(13-20)15-32-26(34)30-12-5-4-11-23(30)29-32/h1-13,16-17H,14-15H2,(H,27,33). The molecule has 0 aliphatic heterocycles. The van der Waals surface area contributed by atoms with Gasteiger partial charge in [-0.25, -0.2) is 14.5 Å². The lowest BCUT2D eigenvalue weighted by Gasteiger charge is -2.07. The molecule has 4 aromatic heterocycles. The molecular formula is C26H20N6O2S. The fourth-order valence-corrected chi connectivity index (χ4v) is 4.94. The van der Waals surface area contributed by atoms with Crippen molar-refractivity contribution < 1.29 is 4.79 Å². The molecule has 0 bridgehead atoms. The number of fused-ring (bicyclic) bond motifs is 2. The van der Waals surface area contributed by atoms with Crippen LogP contribution in [0.2, 0.25) is 0 Å². The second kappa shape index (κ2) is 8.69. The van der Waals surface area contributed by atoms with E-state index < -0.39 is 0 Å². The van der Waals surface area contributed by atoms with Gasteiger partial charge in [0.05, 0.1) is 18.7 Å². The molecule has 6 aromatic rings. The Bertz CT molecular complexity index is 1730. The smallest absolute Gasteiger partial charge is 0.326 e. The van der Waals surface area contributed by atoms with Crippen LogP contribution in [0, 0.1) is 0 Å². The first kappa shape index (κ1) is 21.1. The molecule has 0 unspecified atom stereocenters. The largest absolute Gasteiger partial charge is 0.350 e. The fraction of sp³-hybridized carbons (Fsp3) is 0.0769. The van der Waals surface area contributed by atoms with Gasteiger partial charge in [-0.2, -0.15) is 0 Å². The van der Waals surface area contributed by atoms with Crippen molar-refractivity contribution in [2.24, 2.45) is 0 Å². The number of anilines is 1. The zero-order chi connectivity index (χ0) is 23.8. The predicted octanol–water partition coefficient (Wildman–Crippen LogP) is 4.10. The van der Waals surface area contributed by atoms with Crippen LogP contribution in [0.5, 0.6) is 0 Å². The van der Waals surface area contributed by atoms with Crippen molar-refractivity contribution in [2.75, 3.05) is 5.32 Å². The maximum Gasteiger partial charge on any atom is 0.350 e. The van der Waals surface area contributed by atoms with Crippen LogP contribution in [0.3, 0.4) is 0 Å². The Morgan fingerprint density at radius 3 is 2.69 bits per heavy atom. The summed E-state index contributed by atoms with van der Waals surface area (Å²) in [7, 11) is 0. The van der Waals surface area contributed by atoms with Crippen LogP contribution in [-0.2, 0) is 17.8 Å². The highest BCUT2D eigenvalue weighted by Gasteiger charge is 2.13. The fourth-order valence-electron chi connectivity index (χ4n) is 4.07. The lowest BCUT2D eigenvalue weighted by Crippen LogP contribution is -2.21. The molecule has 1 N–H and O–H groups in total. The topological polar surface area (TPSA) is 85.7 Å². The highest BCUT2D eigenvalue weighted by atomic mass is 32.1. The van der Waals surface area contributed by atoms with Gasteiger partial charge in [0.2, 0.25) is 5.91 Å². The minimum Gasteiger partial charge on any atom is -0.326 e. The average molecular weight is 481 g/mol. The molecule has 0 fully saturated rings. The van der Waals surface area contributed by atoms with E-state index in [0.29, 0.717) is 17.9 Å². The monoisotopic (exact) mass is 480 g/mol. The third-order valence-corrected chi connectivity index (χ3v) is 6.61. The van der Waals surface area contributed by atoms with E-state index in [2.05, 4.69) is 15.4 Å². The molecule has 8 nitrogen and oxygen atoms in total. The summed E-state index contributed by atoms with van der Waals surface area (Å²) in [4.78, 5) is 30.9. The third kappa shape index (κ3) is 4.13. The van der Waals surface area contributed by atoms with Crippen molar-refractivity contribution in [2.45, 2.75) is 13.0 Å². The van der Waals surface area contributed by atoms with Gasteiger partial charge in [0.1, 0.15) is 0 Å². The maximum absolute atomic E-state index is 12.8. The van der Waals surface area contributed by atoms with Gasteiger partial charge in [0, 0.05) is 34.7 Å². The minimum absolute atomic E-state index is 0.123. The van der Waals surface area contributed by atoms with Gasteiger partial charge in [-0.05, 0) is 29.8 Å². The Kier molecular flexibility index (Phi) is 5.23. The van der Waals surface area contributed by atoms with E-state index in [-0.39, 0.29) is 18.0 Å². The van der Waals surface area contributed by atoms with E-state index in [1.54, 1.807) is 18.3 Å². The van der Waals surface area contributed by atoms with Crippen molar-refractivity contribution in [3.8, 4) is 11.3 Å². The first-order chi connectivity index (χ1) is 17.1. The summed E-state index contributed by atoms with van der Waals surface area (Å²) in [5.41, 5.74) is 4.74. The van der Waals surface area contributed by atoms with E-state index in [0.717, 1.165) is 27.5 Å². The van der Waals surface area contributed by atoms with E-state index in [1.165, 1.54) is 20.4 Å². The first-order valence-corrected chi connectivity index (χ1v) is 12.0. The Morgan fingerprint density at radius 1 is 0.971 bits per heavy atom. The van der Waals surface area contributed by atoms with Gasteiger partial charge in [-0.15, -0.1) is 16.4 Å². The highest BCUT2D eigenvalue weighted by Crippen LogP contribution is 2.24. The minimum atomic E-state index is -0.202. The lowest BCUT2D eigenvalue weighted by molar-refractivity contribution is -0.115. The molecule has 0 aliphatic rings. The first-order valence-electron chi connectivity index (χ1n) is 11.1. The van der Waals surface area contributed by atoms with Crippen LogP contribution in [0.25, 0.3) is 21.9 Å². The summed E-state index contributed by atoms with van der Waals surface area (Å²) >= 11 is 1.51. The molecular weight excluding hydrogens is 460 g/mol. The van der Waals surface area contributed by atoms with E-state index >= 15 is 0 Å². The number of imidazole rings is 1. The number of hydrogen-bond acceptors (Lipinski definition) is 5. The molecule has 172 valence electrons. The van der Waals surface area contributed by atoms with Crippen molar-refractivity contribution >= 4 is 33.5 Å². The summed E-state index contributed by atoms with van der Waals surface area (Å²) < 4.78 is 4.90. The molecule has 0 saturated carbocycles. The molecule has 35 heavy (non-hydrogen) atoms. The molecule has 0 saturated heterocycles. The Balaban J connectivity index is 1.17. The van der Waals surface area contributed by atoms with Crippen LogP contribution in [-0.4, -0.2) is 29.5 Å². The molecule has 2 aromatic carbocycles. The van der Waals surface area contributed by atoms with E-state index in [1.807, 2.05) is 76.6 Å². The molecule has 0 aliphatic carbocycles. The molecule has 0 radical (unpaired) electrons. The Morgan fingerprint density at radius 2 is 1.83 bits per heavy atom. The van der Waals surface area contributed by atoms with Gasteiger partial charge < -0.3 is 5.32 Å². The SMILES string of the molecule is O=C(Cc1csc2nc(-c3ccccc3)cn12)Nc1cccc(Cn2nc3ccccn3c2=O)c1. The number of aromatic nitrogens is 5. The van der Waals surface area contributed by atoms with Crippen molar-refractivity contribution in [1.29, 1.82) is 0 Å². The summed E-state index contributed by atoms with van der Waals surface area (Å²) in [5.74, 6) is -0.123. The number of hydrogen-bond donors (Lipinski definition) is 1. The van der Waals surface area contributed by atoms with Gasteiger partial charge in [-0.3, -0.25) is 13.6 Å². The molecule has 0 atom stereocenters. The number of carbonyl (C=O) groups is 1. The number of rotatable bonds is 6. The number of pyridine rings is 1. The summed E-state index contributed by atoms with van der Waals surface area (Å²) in [6, 6.07) is 22.9. The Hall–Kier alpha value is -4.50. The zero-order valence-corrected chi connectivity index (χ0v) is 19.4. The van der Waals surface area contributed by atoms with Crippen LogP contribution >= 0.6 is 11.3 Å². The normalized spacial score (nSPS) is 11.3. The molecule has 9 heteroatoms. The van der Waals surface area contributed by atoms with Crippen LogP contribution < -0.4 is 11.0 Å². The number of nitrogens with one attached hydrogen (secondary N) is 1. The molecule has 6 rings (SSSR count). The van der Waals surface area contributed by atoms with Crippen LogP contribution in [0.4, 0.5) is 5.69 Å². The van der Waals surface area contributed by atoms with Gasteiger partial charge >= 0.3 is 5.69 Å². The second-order valence-electron chi connectivity index (χ2n) is 8.17. The predicted molar refractivity (Wildman–Crippen MR) is 136 cm³/mol. The summed E-state index contributed by atoms with van der Waals surface area (Å²) in [6.07, 6.45) is 3.89. The highest BCUT2D eigenvalue weighted by molar-refractivity contribution is 7.15. The van der Waals surface area contributed by atoms with Crippen LogP contribution in [0.15, 0.2) is 95.4 Å². The van der Waals surface area contributed by atoms with Gasteiger partial charge in [-0.1, -0.05) is 48.5 Å². The summed E-state index contributed by atoms with van der Waals surface area (Å²) in [6.45, 7) is 0.312.